The summed E-state index contributed by atoms with van der Waals surface area (Å²) in [5, 5.41) is 0. The summed E-state index contributed by atoms with van der Waals surface area (Å²) in [5.74, 6) is -0.246. The normalized spacial score (nSPS) is 10.2. The van der Waals surface area contributed by atoms with Gasteiger partial charge in [-0.2, -0.15) is 0 Å². The predicted octanol–water partition coefficient (Wildman–Crippen LogP) is 2.45. The minimum atomic E-state index is -0.246. The average Bonchev–Trinajstić information content (AvgIpc) is 2.48. The molecule has 0 atom stereocenters. The molecule has 78 valence electrons. The third-order valence-electron chi connectivity index (χ3n) is 2.03. The van der Waals surface area contributed by atoms with E-state index in [4.69, 9.17) is 4.74 Å². The first-order chi connectivity index (χ1) is 6.69. The van der Waals surface area contributed by atoms with Crippen LogP contribution < -0.4 is 0 Å². The summed E-state index contributed by atoms with van der Waals surface area (Å²) in [6, 6.07) is 2.01. The number of esters is 1. The van der Waals surface area contributed by atoms with Crippen LogP contribution in [0.2, 0.25) is 0 Å². The van der Waals surface area contributed by atoms with E-state index in [0.717, 1.165) is 24.1 Å². The van der Waals surface area contributed by atoms with Crippen molar-refractivity contribution in [1.82, 2.24) is 4.98 Å². The van der Waals surface area contributed by atoms with Gasteiger partial charge in [-0.05, 0) is 31.9 Å². The average molecular weight is 195 g/mol. The van der Waals surface area contributed by atoms with Crippen molar-refractivity contribution in [3.8, 4) is 0 Å². The second kappa shape index (κ2) is 4.84. The second-order valence-electron chi connectivity index (χ2n) is 3.32. The second-order valence-corrected chi connectivity index (χ2v) is 3.32. The molecule has 0 amide bonds. The summed E-state index contributed by atoms with van der Waals surface area (Å²) in [4.78, 5) is 14.5. The Labute approximate surface area is 84.5 Å². The van der Waals surface area contributed by atoms with Crippen molar-refractivity contribution in [1.29, 1.82) is 0 Å². The number of nitrogens with one attached hydrogen (secondary N) is 1. The SMILES string of the molecule is CCCc1cc(C)[nH]c1C(=O)OCC. The summed E-state index contributed by atoms with van der Waals surface area (Å²) < 4.78 is 4.96. The largest absolute Gasteiger partial charge is 0.461 e. The van der Waals surface area contributed by atoms with Gasteiger partial charge in [-0.3, -0.25) is 0 Å². The lowest BCUT2D eigenvalue weighted by molar-refractivity contribution is 0.0519. The van der Waals surface area contributed by atoms with Crippen LogP contribution in [-0.2, 0) is 11.2 Å². The first-order valence-electron chi connectivity index (χ1n) is 5.04. The fourth-order valence-corrected chi connectivity index (χ4v) is 1.50. The Morgan fingerprint density at radius 1 is 1.50 bits per heavy atom. The maximum atomic E-state index is 11.5. The summed E-state index contributed by atoms with van der Waals surface area (Å²) >= 11 is 0. The van der Waals surface area contributed by atoms with E-state index in [2.05, 4.69) is 11.9 Å². The van der Waals surface area contributed by atoms with Crippen LogP contribution in [0.1, 0.15) is 42.0 Å². The van der Waals surface area contributed by atoms with Gasteiger partial charge in [-0.1, -0.05) is 13.3 Å². The maximum Gasteiger partial charge on any atom is 0.355 e. The Morgan fingerprint density at radius 3 is 2.79 bits per heavy atom. The smallest absolute Gasteiger partial charge is 0.355 e. The molecule has 0 unspecified atom stereocenters. The van der Waals surface area contributed by atoms with Crippen LogP contribution in [0.15, 0.2) is 6.07 Å². The topological polar surface area (TPSA) is 42.1 Å². The number of aryl methyl sites for hydroxylation is 2. The summed E-state index contributed by atoms with van der Waals surface area (Å²) in [5.41, 5.74) is 2.69. The molecule has 0 aliphatic carbocycles. The van der Waals surface area contributed by atoms with Crippen molar-refractivity contribution in [3.05, 3.63) is 23.0 Å². The zero-order valence-corrected chi connectivity index (χ0v) is 9.02. The van der Waals surface area contributed by atoms with Gasteiger partial charge >= 0.3 is 5.97 Å². The van der Waals surface area contributed by atoms with E-state index in [1.807, 2.05) is 19.9 Å². The van der Waals surface area contributed by atoms with Crippen molar-refractivity contribution in [3.63, 3.8) is 0 Å². The molecule has 3 heteroatoms. The standard InChI is InChI=1S/C11H17NO2/c1-4-6-9-7-8(3)12-10(9)11(13)14-5-2/h7,12H,4-6H2,1-3H3. The van der Waals surface area contributed by atoms with E-state index in [1.54, 1.807) is 0 Å². The van der Waals surface area contributed by atoms with E-state index in [0.29, 0.717) is 12.3 Å². The fraction of sp³-hybridized carbons (Fsp3) is 0.545. The Kier molecular flexibility index (Phi) is 3.74. The molecular weight excluding hydrogens is 178 g/mol. The van der Waals surface area contributed by atoms with E-state index < -0.39 is 0 Å². The van der Waals surface area contributed by atoms with Crippen molar-refractivity contribution in [2.45, 2.75) is 33.6 Å². The van der Waals surface area contributed by atoms with Gasteiger partial charge in [0.1, 0.15) is 5.69 Å². The molecule has 0 aliphatic rings. The number of aromatic nitrogens is 1. The lowest BCUT2D eigenvalue weighted by Crippen LogP contribution is -2.07. The Hall–Kier alpha value is -1.25. The van der Waals surface area contributed by atoms with Gasteiger partial charge < -0.3 is 9.72 Å². The van der Waals surface area contributed by atoms with Crippen LogP contribution in [0, 0.1) is 6.92 Å². The van der Waals surface area contributed by atoms with Gasteiger partial charge in [-0.15, -0.1) is 0 Å². The molecule has 0 aliphatic heterocycles. The summed E-state index contributed by atoms with van der Waals surface area (Å²) in [6.45, 7) is 6.27. The Morgan fingerprint density at radius 2 is 2.21 bits per heavy atom. The summed E-state index contributed by atoms with van der Waals surface area (Å²) in [7, 11) is 0. The van der Waals surface area contributed by atoms with Crippen LogP contribution in [0.4, 0.5) is 0 Å². The zero-order valence-electron chi connectivity index (χ0n) is 9.02. The van der Waals surface area contributed by atoms with Crippen molar-refractivity contribution in [2.24, 2.45) is 0 Å². The number of carbonyl (C=O) groups is 1. The number of hydrogen-bond acceptors (Lipinski definition) is 2. The van der Waals surface area contributed by atoms with Gasteiger partial charge in [0.15, 0.2) is 0 Å². The van der Waals surface area contributed by atoms with Crippen molar-refractivity contribution < 1.29 is 9.53 Å². The van der Waals surface area contributed by atoms with Crippen LogP contribution in [0.25, 0.3) is 0 Å². The van der Waals surface area contributed by atoms with Gasteiger partial charge in [0, 0.05) is 5.69 Å². The minimum Gasteiger partial charge on any atom is -0.461 e. The van der Waals surface area contributed by atoms with Crippen LogP contribution in [0.3, 0.4) is 0 Å². The Balaban J connectivity index is 2.88. The highest BCUT2D eigenvalue weighted by molar-refractivity contribution is 5.89. The summed E-state index contributed by atoms with van der Waals surface area (Å²) in [6.07, 6.45) is 1.95. The number of aromatic amines is 1. The van der Waals surface area contributed by atoms with Crippen LogP contribution in [-0.4, -0.2) is 17.6 Å². The lowest BCUT2D eigenvalue weighted by atomic mass is 10.1. The van der Waals surface area contributed by atoms with Crippen LogP contribution in [0.5, 0.6) is 0 Å². The molecular formula is C11H17NO2. The van der Waals surface area contributed by atoms with E-state index in [-0.39, 0.29) is 5.97 Å². The molecule has 1 rings (SSSR count). The molecule has 14 heavy (non-hydrogen) atoms. The molecule has 0 aromatic carbocycles. The van der Waals surface area contributed by atoms with Gasteiger partial charge in [0.25, 0.3) is 0 Å². The first kappa shape index (κ1) is 10.8. The number of hydrogen-bond donors (Lipinski definition) is 1. The van der Waals surface area contributed by atoms with E-state index >= 15 is 0 Å². The molecule has 0 fully saturated rings. The number of rotatable bonds is 4. The number of H-pyrrole nitrogens is 1. The minimum absolute atomic E-state index is 0.246. The maximum absolute atomic E-state index is 11.5. The third-order valence-corrected chi connectivity index (χ3v) is 2.03. The van der Waals surface area contributed by atoms with Crippen LogP contribution >= 0.6 is 0 Å². The number of carbonyl (C=O) groups excluding carboxylic acids is 1. The van der Waals surface area contributed by atoms with Crippen molar-refractivity contribution >= 4 is 5.97 Å². The molecule has 1 aromatic heterocycles. The lowest BCUT2D eigenvalue weighted by Gasteiger charge is -2.02. The molecule has 0 radical (unpaired) electrons. The molecule has 0 bridgehead atoms. The molecule has 0 spiro atoms. The quantitative estimate of drug-likeness (QED) is 0.750. The first-order valence-corrected chi connectivity index (χ1v) is 5.04. The molecule has 1 aromatic rings. The molecule has 1 heterocycles. The number of ether oxygens (including phenoxy) is 1. The highest BCUT2D eigenvalue weighted by atomic mass is 16.5. The van der Waals surface area contributed by atoms with Gasteiger partial charge in [0.2, 0.25) is 0 Å². The highest BCUT2D eigenvalue weighted by Gasteiger charge is 2.14. The molecule has 3 nitrogen and oxygen atoms in total. The monoisotopic (exact) mass is 195 g/mol. The fourth-order valence-electron chi connectivity index (χ4n) is 1.50. The van der Waals surface area contributed by atoms with Gasteiger partial charge in [-0.25, -0.2) is 4.79 Å². The Bertz CT molecular complexity index is 315. The molecule has 0 saturated carbocycles. The van der Waals surface area contributed by atoms with Gasteiger partial charge in [0.05, 0.1) is 6.61 Å². The van der Waals surface area contributed by atoms with E-state index in [1.165, 1.54) is 0 Å². The molecule has 0 saturated heterocycles. The van der Waals surface area contributed by atoms with Crippen molar-refractivity contribution in [2.75, 3.05) is 6.61 Å². The highest BCUT2D eigenvalue weighted by Crippen LogP contribution is 2.13. The van der Waals surface area contributed by atoms with E-state index in [9.17, 15) is 4.79 Å². The zero-order chi connectivity index (χ0) is 10.6. The third kappa shape index (κ3) is 2.37. The molecule has 1 N–H and O–H groups in total. The predicted molar refractivity (Wildman–Crippen MR) is 55.5 cm³/mol.